The van der Waals surface area contributed by atoms with Crippen LogP contribution in [0, 0.1) is 11.9 Å². The van der Waals surface area contributed by atoms with Crippen LogP contribution in [-0.2, 0) is 4.74 Å². The predicted molar refractivity (Wildman–Crippen MR) is 54.0 cm³/mol. The first-order chi connectivity index (χ1) is 7.34. The van der Waals surface area contributed by atoms with Crippen molar-refractivity contribution in [3.8, 4) is 0 Å². The Hall–Kier alpha value is -1.23. The van der Waals surface area contributed by atoms with Crippen molar-refractivity contribution in [1.29, 1.82) is 0 Å². The fraction of sp³-hybridized carbons (Fsp3) is 0.600. The van der Waals surface area contributed by atoms with Crippen LogP contribution in [0.2, 0.25) is 0 Å². The van der Waals surface area contributed by atoms with Crippen molar-refractivity contribution >= 4 is 5.82 Å². The molecule has 1 unspecified atom stereocenters. The van der Waals surface area contributed by atoms with Crippen molar-refractivity contribution in [1.82, 2.24) is 9.97 Å². The van der Waals surface area contributed by atoms with Crippen LogP contribution in [0.1, 0.15) is 12.8 Å². The number of hydrogen-bond donors (Lipinski definition) is 1. The highest BCUT2D eigenvalue weighted by molar-refractivity contribution is 5.31. The van der Waals surface area contributed by atoms with Gasteiger partial charge in [0.1, 0.15) is 12.1 Å². The standard InChI is InChI=1S/C10H14FN3O/c11-9-4-10(14-7-13-9)12-5-8-2-1-3-15-6-8/h4,7-8H,1-3,5-6H2,(H,12,13,14). The molecule has 4 nitrogen and oxygen atoms in total. The normalized spacial score (nSPS) is 21.3. The van der Waals surface area contributed by atoms with Crippen LogP contribution in [0.3, 0.4) is 0 Å². The number of halogens is 1. The van der Waals surface area contributed by atoms with Gasteiger partial charge < -0.3 is 10.1 Å². The van der Waals surface area contributed by atoms with Gasteiger partial charge >= 0.3 is 0 Å². The molecule has 5 heteroatoms. The Morgan fingerprint density at radius 3 is 3.20 bits per heavy atom. The molecule has 1 N–H and O–H groups in total. The molecule has 1 atom stereocenters. The summed E-state index contributed by atoms with van der Waals surface area (Å²) in [4.78, 5) is 7.31. The van der Waals surface area contributed by atoms with Crippen molar-refractivity contribution < 1.29 is 9.13 Å². The second-order valence-corrected chi connectivity index (χ2v) is 3.69. The van der Waals surface area contributed by atoms with Gasteiger partial charge in [-0.15, -0.1) is 0 Å². The quantitative estimate of drug-likeness (QED) is 0.769. The Balaban J connectivity index is 1.81. The van der Waals surface area contributed by atoms with Crippen LogP contribution in [0.25, 0.3) is 0 Å². The first-order valence-corrected chi connectivity index (χ1v) is 5.14. The second kappa shape index (κ2) is 5.02. The summed E-state index contributed by atoms with van der Waals surface area (Å²) in [6.45, 7) is 2.41. The zero-order valence-corrected chi connectivity index (χ0v) is 8.45. The first kappa shape index (κ1) is 10.3. The van der Waals surface area contributed by atoms with Crippen molar-refractivity contribution in [2.75, 3.05) is 25.1 Å². The highest BCUT2D eigenvalue weighted by Crippen LogP contribution is 2.14. The number of ether oxygens (including phenoxy) is 1. The number of nitrogens with zero attached hydrogens (tertiary/aromatic N) is 2. The number of anilines is 1. The van der Waals surface area contributed by atoms with Gasteiger partial charge in [0.25, 0.3) is 0 Å². The zero-order valence-electron chi connectivity index (χ0n) is 8.45. The summed E-state index contributed by atoms with van der Waals surface area (Å²) < 4.78 is 18.1. The summed E-state index contributed by atoms with van der Waals surface area (Å²) in [5.41, 5.74) is 0. The summed E-state index contributed by atoms with van der Waals surface area (Å²) in [6, 6.07) is 1.30. The number of hydrogen-bond acceptors (Lipinski definition) is 4. The smallest absolute Gasteiger partial charge is 0.217 e. The number of rotatable bonds is 3. The molecule has 0 radical (unpaired) electrons. The molecular weight excluding hydrogens is 197 g/mol. The van der Waals surface area contributed by atoms with Crippen molar-refractivity contribution in [3.63, 3.8) is 0 Å². The van der Waals surface area contributed by atoms with E-state index in [1.54, 1.807) is 0 Å². The van der Waals surface area contributed by atoms with Gasteiger partial charge in [0.2, 0.25) is 5.95 Å². The Bertz CT molecular complexity index is 315. The van der Waals surface area contributed by atoms with E-state index in [0.29, 0.717) is 11.7 Å². The van der Waals surface area contributed by atoms with E-state index in [-0.39, 0.29) is 0 Å². The lowest BCUT2D eigenvalue weighted by Gasteiger charge is -2.22. The van der Waals surface area contributed by atoms with E-state index in [1.807, 2.05) is 0 Å². The van der Waals surface area contributed by atoms with Crippen LogP contribution in [-0.4, -0.2) is 29.7 Å². The van der Waals surface area contributed by atoms with E-state index in [9.17, 15) is 4.39 Å². The maximum Gasteiger partial charge on any atom is 0.217 e. The minimum Gasteiger partial charge on any atom is -0.381 e. The Kier molecular flexibility index (Phi) is 3.45. The molecule has 1 aliphatic rings. The lowest BCUT2D eigenvalue weighted by Crippen LogP contribution is -2.24. The monoisotopic (exact) mass is 211 g/mol. The topological polar surface area (TPSA) is 47.0 Å². The third kappa shape index (κ3) is 3.13. The summed E-state index contributed by atoms with van der Waals surface area (Å²) >= 11 is 0. The van der Waals surface area contributed by atoms with E-state index in [0.717, 1.165) is 32.6 Å². The zero-order chi connectivity index (χ0) is 10.5. The Labute approximate surface area is 87.9 Å². The molecule has 2 heterocycles. The molecule has 0 bridgehead atoms. The minimum absolute atomic E-state index is 0.497. The van der Waals surface area contributed by atoms with Gasteiger partial charge in [-0.3, -0.25) is 0 Å². The summed E-state index contributed by atoms with van der Waals surface area (Å²) in [6.07, 6.45) is 3.47. The third-order valence-electron chi connectivity index (χ3n) is 2.46. The van der Waals surface area contributed by atoms with Crippen LogP contribution >= 0.6 is 0 Å². The Morgan fingerprint density at radius 2 is 2.47 bits per heavy atom. The van der Waals surface area contributed by atoms with Crippen molar-refractivity contribution in [2.45, 2.75) is 12.8 Å². The summed E-state index contributed by atoms with van der Waals surface area (Å²) in [5.74, 6) is 0.525. The lowest BCUT2D eigenvalue weighted by atomic mass is 10.0. The third-order valence-corrected chi connectivity index (χ3v) is 2.46. The maximum atomic E-state index is 12.7. The summed E-state index contributed by atoms with van der Waals surface area (Å²) in [7, 11) is 0. The maximum absolute atomic E-state index is 12.7. The van der Waals surface area contributed by atoms with Gasteiger partial charge in [0.05, 0.1) is 6.61 Å². The first-order valence-electron chi connectivity index (χ1n) is 5.14. The second-order valence-electron chi connectivity index (χ2n) is 3.69. The van der Waals surface area contributed by atoms with Crippen LogP contribution in [0.15, 0.2) is 12.4 Å². The van der Waals surface area contributed by atoms with Gasteiger partial charge in [-0.2, -0.15) is 4.39 Å². The molecule has 0 amide bonds. The van der Waals surface area contributed by atoms with E-state index in [4.69, 9.17) is 4.74 Å². The molecule has 1 aromatic heterocycles. The molecule has 82 valence electrons. The van der Waals surface area contributed by atoms with Gasteiger partial charge in [-0.25, -0.2) is 9.97 Å². The molecule has 15 heavy (non-hydrogen) atoms. The van der Waals surface area contributed by atoms with E-state index in [1.165, 1.54) is 12.4 Å². The summed E-state index contributed by atoms with van der Waals surface area (Å²) in [5, 5.41) is 3.08. The van der Waals surface area contributed by atoms with Crippen LogP contribution in [0.4, 0.5) is 10.2 Å². The van der Waals surface area contributed by atoms with Crippen molar-refractivity contribution in [2.24, 2.45) is 5.92 Å². The molecule has 0 spiro atoms. The molecule has 1 saturated heterocycles. The largest absolute Gasteiger partial charge is 0.381 e. The molecular formula is C10H14FN3O. The van der Waals surface area contributed by atoms with Crippen LogP contribution < -0.4 is 5.32 Å². The fourth-order valence-corrected chi connectivity index (χ4v) is 1.65. The van der Waals surface area contributed by atoms with Gasteiger partial charge in [-0.1, -0.05) is 0 Å². The molecule has 1 aromatic rings. The number of nitrogens with one attached hydrogen (secondary N) is 1. The fourth-order valence-electron chi connectivity index (χ4n) is 1.65. The van der Waals surface area contributed by atoms with Gasteiger partial charge in [0, 0.05) is 19.2 Å². The van der Waals surface area contributed by atoms with E-state index < -0.39 is 5.95 Å². The molecule has 0 aliphatic carbocycles. The molecule has 0 aromatic carbocycles. The highest BCUT2D eigenvalue weighted by atomic mass is 19.1. The molecule has 1 aliphatic heterocycles. The predicted octanol–water partition coefficient (Wildman–Crippen LogP) is 1.45. The highest BCUT2D eigenvalue weighted by Gasteiger charge is 2.13. The van der Waals surface area contributed by atoms with E-state index in [2.05, 4.69) is 15.3 Å². The van der Waals surface area contributed by atoms with Crippen molar-refractivity contribution in [3.05, 3.63) is 18.3 Å². The van der Waals surface area contributed by atoms with Gasteiger partial charge in [0.15, 0.2) is 0 Å². The SMILES string of the molecule is Fc1cc(NCC2CCCOC2)ncn1. The molecule has 1 fully saturated rings. The van der Waals surface area contributed by atoms with Crippen LogP contribution in [0.5, 0.6) is 0 Å². The minimum atomic E-state index is -0.507. The van der Waals surface area contributed by atoms with Gasteiger partial charge in [-0.05, 0) is 18.8 Å². The Morgan fingerprint density at radius 1 is 1.53 bits per heavy atom. The average molecular weight is 211 g/mol. The molecule has 0 saturated carbocycles. The average Bonchev–Trinajstić information content (AvgIpc) is 2.28. The van der Waals surface area contributed by atoms with E-state index >= 15 is 0 Å². The lowest BCUT2D eigenvalue weighted by molar-refractivity contribution is 0.0595. The molecule has 2 rings (SSSR count). The number of aromatic nitrogens is 2.